The third kappa shape index (κ3) is 6.16. The molecule has 1 atom stereocenters. The van der Waals surface area contributed by atoms with E-state index >= 15 is 0 Å². The third-order valence-corrected chi connectivity index (χ3v) is 10.7. The van der Waals surface area contributed by atoms with Crippen molar-refractivity contribution in [3.05, 3.63) is 54.1 Å². The summed E-state index contributed by atoms with van der Waals surface area (Å²) in [4.78, 5) is 13.2. The smallest absolute Gasteiger partial charge is 0.243 e. The molecule has 1 N–H and O–H groups in total. The maximum absolute atomic E-state index is 13.1. The highest BCUT2D eigenvalue weighted by atomic mass is 32.2. The van der Waals surface area contributed by atoms with E-state index in [1.807, 2.05) is 0 Å². The van der Waals surface area contributed by atoms with Crippen LogP contribution in [0, 0.1) is 5.92 Å². The number of carbonyl (C=O) groups is 1. The van der Waals surface area contributed by atoms with E-state index in [0.717, 1.165) is 38.5 Å². The van der Waals surface area contributed by atoms with Gasteiger partial charge in [0.2, 0.25) is 20.0 Å². The van der Waals surface area contributed by atoms with E-state index in [-0.39, 0.29) is 22.1 Å². The number of benzene rings is 2. The number of rotatable bonds is 8. The fourth-order valence-corrected chi connectivity index (χ4v) is 7.97. The van der Waals surface area contributed by atoms with Crippen molar-refractivity contribution in [2.45, 2.75) is 55.2 Å². The predicted octanol–water partition coefficient (Wildman–Crippen LogP) is 3.97. The molecule has 2 saturated heterocycles. The highest BCUT2D eigenvalue weighted by Crippen LogP contribution is 2.25. The summed E-state index contributed by atoms with van der Waals surface area (Å²) in [5, 5.41) is 3.02. The van der Waals surface area contributed by atoms with Gasteiger partial charge in [-0.25, -0.2) is 16.8 Å². The number of Topliss-reactive ketones (excluding diaryl/α,β-unsaturated/α-hetero) is 1. The van der Waals surface area contributed by atoms with Crippen LogP contribution in [0.3, 0.4) is 0 Å². The summed E-state index contributed by atoms with van der Waals surface area (Å²) in [6, 6.07) is 12.6. The molecule has 0 aromatic heterocycles. The lowest BCUT2D eigenvalue weighted by Crippen LogP contribution is -2.39. The molecule has 4 rings (SSSR count). The van der Waals surface area contributed by atoms with Crippen molar-refractivity contribution in [2.75, 3.05) is 38.0 Å². The molecule has 0 spiro atoms. The molecule has 2 aliphatic rings. The molecular weight excluding hydrogens is 498 g/mol. The number of hydrogen-bond donors (Lipinski definition) is 1. The molecule has 36 heavy (non-hydrogen) atoms. The molecule has 2 aliphatic heterocycles. The summed E-state index contributed by atoms with van der Waals surface area (Å²) in [5.74, 6) is 0.0974. The highest BCUT2D eigenvalue weighted by Gasteiger charge is 2.29. The van der Waals surface area contributed by atoms with Crippen molar-refractivity contribution >= 4 is 31.5 Å². The fourth-order valence-electron chi connectivity index (χ4n) is 4.80. The first kappa shape index (κ1) is 26.8. The number of anilines is 1. The van der Waals surface area contributed by atoms with Crippen LogP contribution in [0.2, 0.25) is 0 Å². The summed E-state index contributed by atoms with van der Waals surface area (Å²) in [7, 11) is -7.18. The minimum atomic E-state index is -3.64. The largest absolute Gasteiger partial charge is 0.378 e. The Labute approximate surface area is 214 Å². The van der Waals surface area contributed by atoms with E-state index in [0.29, 0.717) is 43.3 Å². The number of hydrogen-bond acceptors (Lipinski definition) is 6. The first-order chi connectivity index (χ1) is 17.2. The second-order valence-electron chi connectivity index (χ2n) is 9.76. The molecule has 2 aromatic rings. The van der Waals surface area contributed by atoms with Crippen LogP contribution >= 0.6 is 0 Å². The summed E-state index contributed by atoms with van der Waals surface area (Å²) in [6.07, 6.45) is 5.65. The van der Waals surface area contributed by atoms with Crippen molar-refractivity contribution in [1.82, 2.24) is 8.61 Å². The molecule has 0 saturated carbocycles. The van der Waals surface area contributed by atoms with Gasteiger partial charge in [0, 0.05) is 37.4 Å². The second kappa shape index (κ2) is 11.4. The Hall–Kier alpha value is -2.27. The molecule has 0 amide bonds. The van der Waals surface area contributed by atoms with Crippen LogP contribution in [0.15, 0.2) is 58.3 Å². The van der Waals surface area contributed by atoms with E-state index < -0.39 is 20.0 Å². The van der Waals surface area contributed by atoms with E-state index in [2.05, 4.69) is 12.2 Å². The molecule has 10 heteroatoms. The van der Waals surface area contributed by atoms with Crippen molar-refractivity contribution in [2.24, 2.45) is 5.92 Å². The molecule has 2 aromatic carbocycles. The van der Waals surface area contributed by atoms with Crippen LogP contribution in [0.1, 0.15) is 55.8 Å². The predicted molar refractivity (Wildman–Crippen MR) is 140 cm³/mol. The average Bonchev–Trinajstić information content (AvgIpc) is 3.18. The van der Waals surface area contributed by atoms with E-state index in [4.69, 9.17) is 0 Å². The molecular formula is C26H35N3O5S2. The summed E-state index contributed by atoms with van der Waals surface area (Å²) in [6.45, 7) is 4.10. The molecule has 2 fully saturated rings. The average molecular weight is 534 g/mol. The normalized spacial score (nSPS) is 20.5. The van der Waals surface area contributed by atoms with Gasteiger partial charge in [-0.05, 0) is 68.0 Å². The second-order valence-corrected chi connectivity index (χ2v) is 13.6. The van der Waals surface area contributed by atoms with Gasteiger partial charge in [0.15, 0.2) is 5.78 Å². The van der Waals surface area contributed by atoms with Crippen LogP contribution in [0.25, 0.3) is 0 Å². The van der Waals surface area contributed by atoms with Gasteiger partial charge < -0.3 is 5.32 Å². The van der Waals surface area contributed by atoms with Gasteiger partial charge in [-0.3, -0.25) is 4.79 Å². The van der Waals surface area contributed by atoms with Gasteiger partial charge in [-0.2, -0.15) is 8.61 Å². The lowest BCUT2D eigenvalue weighted by molar-refractivity contribution is 0.101. The molecule has 2 heterocycles. The summed E-state index contributed by atoms with van der Waals surface area (Å²) < 4.78 is 55.1. The number of piperidine rings is 1. The monoisotopic (exact) mass is 533 g/mol. The maximum atomic E-state index is 13.1. The molecule has 0 bridgehead atoms. The topological polar surface area (TPSA) is 104 Å². The Morgan fingerprint density at radius 1 is 0.833 bits per heavy atom. The fraction of sp³-hybridized carbons (Fsp3) is 0.500. The summed E-state index contributed by atoms with van der Waals surface area (Å²) >= 11 is 0. The van der Waals surface area contributed by atoms with Crippen LogP contribution in [0.5, 0.6) is 0 Å². The van der Waals surface area contributed by atoms with Gasteiger partial charge >= 0.3 is 0 Å². The van der Waals surface area contributed by atoms with Gasteiger partial charge in [-0.15, -0.1) is 0 Å². The SMILES string of the molecule is CC1CCCN(S(=O)(=O)c2ccc(NCC(=O)c3cccc(S(=O)(=O)N4CCCCCC4)c3)cc2)C1. The number of carbonyl (C=O) groups excluding carboxylic acids is 1. The standard InChI is InChI=1S/C26H35N3O5S2/c1-21-8-7-17-29(20-21)35(31,32)24-13-11-23(12-14-24)27-19-26(30)22-9-6-10-25(18-22)36(33,34)28-15-4-2-3-5-16-28/h6,9-14,18,21,27H,2-5,7-8,15-17,19-20H2,1H3. The van der Waals surface area contributed by atoms with Gasteiger partial charge in [0.25, 0.3) is 0 Å². The molecule has 1 unspecified atom stereocenters. The lowest BCUT2D eigenvalue weighted by atomic mass is 10.0. The molecule has 0 radical (unpaired) electrons. The van der Waals surface area contributed by atoms with Gasteiger partial charge in [0.05, 0.1) is 16.3 Å². The number of ketones is 1. The minimum absolute atomic E-state index is 0.0387. The first-order valence-electron chi connectivity index (χ1n) is 12.7. The quantitative estimate of drug-likeness (QED) is 0.515. The Balaban J connectivity index is 1.40. The number of nitrogens with one attached hydrogen (secondary N) is 1. The number of nitrogens with zero attached hydrogens (tertiary/aromatic N) is 2. The van der Waals surface area contributed by atoms with Crippen molar-refractivity contribution in [3.8, 4) is 0 Å². The van der Waals surface area contributed by atoms with Crippen molar-refractivity contribution < 1.29 is 21.6 Å². The molecule has 8 nitrogen and oxygen atoms in total. The molecule has 196 valence electrons. The number of sulfonamides is 2. The van der Waals surface area contributed by atoms with Crippen LogP contribution in [-0.2, 0) is 20.0 Å². The van der Waals surface area contributed by atoms with E-state index in [1.54, 1.807) is 40.7 Å². The summed E-state index contributed by atoms with van der Waals surface area (Å²) in [5.41, 5.74) is 0.930. The van der Waals surface area contributed by atoms with E-state index in [1.165, 1.54) is 16.4 Å². The highest BCUT2D eigenvalue weighted by molar-refractivity contribution is 7.89. The van der Waals surface area contributed by atoms with Crippen molar-refractivity contribution in [1.29, 1.82) is 0 Å². The zero-order chi connectivity index (χ0) is 25.8. The minimum Gasteiger partial charge on any atom is -0.378 e. The Bertz CT molecular complexity index is 1270. The Kier molecular flexibility index (Phi) is 8.49. The molecule has 0 aliphatic carbocycles. The van der Waals surface area contributed by atoms with Crippen LogP contribution in [-0.4, -0.2) is 64.0 Å². The first-order valence-corrected chi connectivity index (χ1v) is 15.5. The van der Waals surface area contributed by atoms with Crippen LogP contribution < -0.4 is 5.32 Å². The van der Waals surface area contributed by atoms with Crippen molar-refractivity contribution in [3.63, 3.8) is 0 Å². The van der Waals surface area contributed by atoms with E-state index in [9.17, 15) is 21.6 Å². The zero-order valence-electron chi connectivity index (χ0n) is 20.7. The lowest BCUT2D eigenvalue weighted by Gasteiger charge is -2.30. The van der Waals surface area contributed by atoms with Gasteiger partial charge in [-0.1, -0.05) is 31.9 Å². The Morgan fingerprint density at radius 2 is 1.47 bits per heavy atom. The Morgan fingerprint density at radius 3 is 2.14 bits per heavy atom. The van der Waals surface area contributed by atoms with Crippen LogP contribution in [0.4, 0.5) is 5.69 Å². The van der Waals surface area contributed by atoms with Gasteiger partial charge in [0.1, 0.15) is 0 Å². The third-order valence-electron chi connectivity index (χ3n) is 6.92. The zero-order valence-corrected chi connectivity index (χ0v) is 22.4. The maximum Gasteiger partial charge on any atom is 0.243 e.